The van der Waals surface area contributed by atoms with E-state index < -0.39 is 0 Å². The molecule has 1 amide bonds. The number of carbonyl (C=O) groups excluding carboxylic acids is 1. The Morgan fingerprint density at radius 1 is 1.18 bits per heavy atom. The molecule has 1 aliphatic rings. The Morgan fingerprint density at radius 3 is 2.61 bits per heavy atom. The number of amides is 1. The van der Waals surface area contributed by atoms with Crippen LogP contribution < -0.4 is 0 Å². The summed E-state index contributed by atoms with van der Waals surface area (Å²) >= 11 is 0. The Morgan fingerprint density at radius 2 is 1.94 bits per heavy atom. The molecule has 0 radical (unpaired) electrons. The smallest absolute Gasteiger partial charge is 0.272 e. The molecule has 33 heavy (non-hydrogen) atoms. The second kappa shape index (κ2) is 9.41. The zero-order valence-corrected chi connectivity index (χ0v) is 20.4. The average molecular weight is 447 g/mol. The Hall–Kier alpha value is -3.09. The molecule has 1 aliphatic heterocycles. The summed E-state index contributed by atoms with van der Waals surface area (Å²) in [4.78, 5) is 29.6. The number of hydrogen-bond donors (Lipinski definition) is 0. The standard InChI is InChI=1S/C26H34N6O/c1-6-9-23-28-17-19(18-11-13-27-14-12-18)24(29-23)20-10-7-8-15-32(20)25(33)21-16-22(26(2,3)4)30-31(21)5/h11-14,16-17,20H,6-10,15H2,1-5H3. The molecule has 0 aliphatic carbocycles. The van der Waals surface area contributed by atoms with Gasteiger partial charge in [-0.3, -0.25) is 14.5 Å². The third kappa shape index (κ3) is 4.82. The summed E-state index contributed by atoms with van der Waals surface area (Å²) in [7, 11) is 1.86. The molecule has 1 fully saturated rings. The van der Waals surface area contributed by atoms with Gasteiger partial charge in [-0.15, -0.1) is 0 Å². The molecule has 4 rings (SSSR count). The molecule has 3 aromatic rings. The summed E-state index contributed by atoms with van der Waals surface area (Å²) < 4.78 is 1.72. The van der Waals surface area contributed by atoms with Gasteiger partial charge in [0.05, 0.1) is 17.4 Å². The number of aromatic nitrogens is 5. The fourth-order valence-corrected chi connectivity index (χ4v) is 4.43. The Bertz CT molecular complexity index is 1120. The molecule has 0 saturated carbocycles. The van der Waals surface area contributed by atoms with E-state index in [1.807, 2.05) is 36.3 Å². The second-order valence-corrected chi connectivity index (χ2v) is 9.87. The molecule has 4 heterocycles. The van der Waals surface area contributed by atoms with Crippen LogP contribution >= 0.6 is 0 Å². The first-order chi connectivity index (χ1) is 15.8. The van der Waals surface area contributed by atoms with E-state index in [4.69, 9.17) is 4.98 Å². The molecule has 0 aromatic carbocycles. The van der Waals surface area contributed by atoms with Crippen molar-refractivity contribution < 1.29 is 4.79 Å². The second-order valence-electron chi connectivity index (χ2n) is 9.87. The molecule has 7 nitrogen and oxygen atoms in total. The van der Waals surface area contributed by atoms with Crippen molar-refractivity contribution in [3.63, 3.8) is 0 Å². The van der Waals surface area contributed by atoms with E-state index in [0.717, 1.165) is 60.4 Å². The first-order valence-corrected chi connectivity index (χ1v) is 11.9. The third-order valence-electron chi connectivity index (χ3n) is 6.28. The first-order valence-electron chi connectivity index (χ1n) is 11.9. The largest absolute Gasteiger partial charge is 0.329 e. The van der Waals surface area contributed by atoms with E-state index in [1.54, 1.807) is 17.1 Å². The maximum Gasteiger partial charge on any atom is 0.272 e. The Kier molecular flexibility index (Phi) is 6.58. The summed E-state index contributed by atoms with van der Waals surface area (Å²) in [6.07, 6.45) is 10.2. The van der Waals surface area contributed by atoms with E-state index >= 15 is 0 Å². The highest BCUT2D eigenvalue weighted by Crippen LogP contribution is 2.36. The molecule has 0 N–H and O–H groups in total. The van der Waals surface area contributed by atoms with E-state index in [-0.39, 0.29) is 17.4 Å². The van der Waals surface area contributed by atoms with Crippen LogP contribution in [-0.2, 0) is 18.9 Å². The number of hydrogen-bond acceptors (Lipinski definition) is 5. The molecule has 1 atom stereocenters. The van der Waals surface area contributed by atoms with Gasteiger partial charge in [0.2, 0.25) is 0 Å². The molecular formula is C26H34N6O. The van der Waals surface area contributed by atoms with E-state index in [1.165, 1.54) is 0 Å². The summed E-state index contributed by atoms with van der Waals surface area (Å²) in [5, 5.41) is 4.64. The topological polar surface area (TPSA) is 76.8 Å². The number of nitrogens with zero attached hydrogens (tertiary/aromatic N) is 6. The van der Waals surface area contributed by atoms with Gasteiger partial charge in [-0.25, -0.2) is 9.97 Å². The molecule has 1 saturated heterocycles. The van der Waals surface area contributed by atoms with Crippen molar-refractivity contribution in [2.45, 2.75) is 71.3 Å². The van der Waals surface area contributed by atoms with Gasteiger partial charge in [-0.1, -0.05) is 27.7 Å². The molecule has 1 unspecified atom stereocenters. The van der Waals surface area contributed by atoms with Crippen molar-refractivity contribution >= 4 is 5.91 Å². The van der Waals surface area contributed by atoms with Gasteiger partial charge in [0.25, 0.3) is 5.91 Å². The summed E-state index contributed by atoms with van der Waals surface area (Å²) in [6, 6.07) is 5.81. The van der Waals surface area contributed by atoms with Gasteiger partial charge < -0.3 is 4.90 Å². The first kappa shape index (κ1) is 23.1. The number of likely N-dealkylation sites (tertiary alicyclic amines) is 1. The SMILES string of the molecule is CCCc1ncc(-c2ccncc2)c(C2CCCCN2C(=O)c2cc(C(C)(C)C)nn2C)n1. The highest BCUT2D eigenvalue weighted by molar-refractivity contribution is 5.93. The lowest BCUT2D eigenvalue weighted by Gasteiger charge is -2.36. The van der Waals surface area contributed by atoms with Crippen molar-refractivity contribution in [3.05, 3.63) is 59.7 Å². The lowest BCUT2D eigenvalue weighted by molar-refractivity contribution is 0.0595. The van der Waals surface area contributed by atoms with Crippen molar-refractivity contribution in [2.24, 2.45) is 7.05 Å². The van der Waals surface area contributed by atoms with Crippen LogP contribution in [0.15, 0.2) is 36.8 Å². The normalized spacial score (nSPS) is 16.8. The van der Waals surface area contributed by atoms with Crippen molar-refractivity contribution in [1.29, 1.82) is 0 Å². The molecular weight excluding hydrogens is 412 g/mol. The van der Waals surface area contributed by atoms with Crippen LogP contribution in [0.4, 0.5) is 0 Å². The quantitative estimate of drug-likeness (QED) is 0.558. The molecule has 174 valence electrons. The zero-order valence-electron chi connectivity index (χ0n) is 20.4. The minimum Gasteiger partial charge on any atom is -0.329 e. The van der Waals surface area contributed by atoms with Crippen molar-refractivity contribution in [3.8, 4) is 11.1 Å². The number of rotatable bonds is 5. The third-order valence-corrected chi connectivity index (χ3v) is 6.28. The fourth-order valence-electron chi connectivity index (χ4n) is 4.43. The lowest BCUT2D eigenvalue weighted by Crippen LogP contribution is -2.40. The minimum atomic E-state index is -0.117. The molecule has 0 spiro atoms. The summed E-state index contributed by atoms with van der Waals surface area (Å²) in [5.74, 6) is 0.848. The lowest BCUT2D eigenvalue weighted by atomic mass is 9.91. The highest BCUT2D eigenvalue weighted by atomic mass is 16.2. The number of pyridine rings is 1. The average Bonchev–Trinajstić information content (AvgIpc) is 3.21. The van der Waals surface area contributed by atoms with Crippen LogP contribution in [0.3, 0.4) is 0 Å². The predicted octanol–water partition coefficient (Wildman–Crippen LogP) is 4.89. The maximum absolute atomic E-state index is 13.8. The van der Waals surface area contributed by atoms with Crippen LogP contribution in [0, 0.1) is 0 Å². The zero-order chi connectivity index (χ0) is 23.6. The van der Waals surface area contributed by atoms with E-state index in [2.05, 4.69) is 42.8 Å². The van der Waals surface area contributed by atoms with Crippen LogP contribution in [0.25, 0.3) is 11.1 Å². The minimum absolute atomic E-state index is 0.0153. The van der Waals surface area contributed by atoms with Crippen LogP contribution in [0.1, 0.15) is 87.1 Å². The van der Waals surface area contributed by atoms with Crippen molar-refractivity contribution in [2.75, 3.05) is 6.54 Å². The van der Waals surface area contributed by atoms with Crippen LogP contribution in [0.2, 0.25) is 0 Å². The number of aryl methyl sites for hydroxylation is 2. The number of piperidine rings is 1. The Balaban J connectivity index is 1.77. The van der Waals surface area contributed by atoms with Gasteiger partial charge in [-0.05, 0) is 49.4 Å². The highest BCUT2D eigenvalue weighted by Gasteiger charge is 2.34. The van der Waals surface area contributed by atoms with Gasteiger partial charge in [0.1, 0.15) is 11.5 Å². The fraction of sp³-hybridized carbons (Fsp3) is 0.500. The van der Waals surface area contributed by atoms with Gasteiger partial charge in [-0.2, -0.15) is 5.10 Å². The predicted molar refractivity (Wildman–Crippen MR) is 129 cm³/mol. The summed E-state index contributed by atoms with van der Waals surface area (Å²) in [5.41, 5.74) is 4.37. The molecule has 0 bridgehead atoms. The van der Waals surface area contributed by atoms with E-state index in [0.29, 0.717) is 12.2 Å². The van der Waals surface area contributed by atoms with Gasteiger partial charge >= 0.3 is 0 Å². The van der Waals surface area contributed by atoms with E-state index in [9.17, 15) is 4.79 Å². The Labute approximate surface area is 196 Å². The van der Waals surface area contributed by atoms with Crippen LogP contribution in [0.5, 0.6) is 0 Å². The number of carbonyl (C=O) groups is 1. The molecule has 7 heteroatoms. The molecule has 3 aromatic heterocycles. The maximum atomic E-state index is 13.8. The van der Waals surface area contributed by atoms with Gasteiger partial charge in [0.15, 0.2) is 0 Å². The monoisotopic (exact) mass is 446 g/mol. The summed E-state index contributed by atoms with van der Waals surface area (Å²) in [6.45, 7) is 9.19. The van der Waals surface area contributed by atoms with Crippen molar-refractivity contribution in [1.82, 2.24) is 29.6 Å². The van der Waals surface area contributed by atoms with Gasteiger partial charge in [0, 0.05) is 49.6 Å². The van der Waals surface area contributed by atoms with Crippen LogP contribution in [-0.4, -0.2) is 42.1 Å².